The van der Waals surface area contributed by atoms with E-state index in [4.69, 9.17) is 10.5 Å². The number of nitrogen functional groups attached to an aromatic ring is 1. The van der Waals surface area contributed by atoms with E-state index in [1.807, 2.05) is 13.8 Å². The summed E-state index contributed by atoms with van der Waals surface area (Å²) in [6.07, 6.45) is 3.18. The van der Waals surface area contributed by atoms with E-state index in [0.717, 1.165) is 0 Å². The largest absolute Gasteiger partial charge is 0.396 e. The maximum atomic E-state index is 12.0. The summed E-state index contributed by atoms with van der Waals surface area (Å²) in [6, 6.07) is 0.144. The molecule has 1 aromatic heterocycles. The maximum absolute atomic E-state index is 12.0. The van der Waals surface area contributed by atoms with Crippen LogP contribution in [0.2, 0.25) is 0 Å². The number of carbonyl (C=O) groups excluding carboxylic acids is 1. The highest BCUT2D eigenvalue weighted by Crippen LogP contribution is 2.03. The van der Waals surface area contributed by atoms with Crippen molar-refractivity contribution in [2.75, 3.05) is 26.0 Å². The second-order valence-electron chi connectivity index (χ2n) is 4.14. The third-order valence-electron chi connectivity index (χ3n) is 2.43. The van der Waals surface area contributed by atoms with Gasteiger partial charge >= 0.3 is 0 Å². The Labute approximate surface area is 101 Å². The van der Waals surface area contributed by atoms with Crippen LogP contribution in [0.3, 0.4) is 0 Å². The number of nitrogens with two attached hydrogens (primary N) is 1. The van der Waals surface area contributed by atoms with Crippen LogP contribution in [-0.4, -0.2) is 46.9 Å². The van der Waals surface area contributed by atoms with Crippen LogP contribution in [0.25, 0.3) is 0 Å². The summed E-state index contributed by atoms with van der Waals surface area (Å²) in [4.78, 5) is 13.8. The summed E-state index contributed by atoms with van der Waals surface area (Å²) in [5.74, 6) is 0.0140. The number of nitrogens with zero attached hydrogens (tertiary/aromatic N) is 3. The highest BCUT2D eigenvalue weighted by Gasteiger charge is 2.17. The third kappa shape index (κ3) is 4.07. The molecule has 0 saturated carbocycles. The first-order valence-corrected chi connectivity index (χ1v) is 5.61. The van der Waals surface area contributed by atoms with Gasteiger partial charge in [-0.25, -0.2) is 0 Å². The zero-order chi connectivity index (χ0) is 12.8. The molecule has 0 aromatic carbocycles. The number of hydrogen-bond donors (Lipinski definition) is 1. The van der Waals surface area contributed by atoms with Gasteiger partial charge in [-0.2, -0.15) is 5.10 Å². The van der Waals surface area contributed by atoms with Crippen LogP contribution in [-0.2, 0) is 16.1 Å². The van der Waals surface area contributed by atoms with Crippen molar-refractivity contribution >= 4 is 11.6 Å². The number of carbonyl (C=O) groups is 1. The minimum atomic E-state index is 0.0140. The van der Waals surface area contributed by atoms with Gasteiger partial charge in [0.2, 0.25) is 5.91 Å². The fraction of sp³-hybridized carbons (Fsp3) is 0.636. The Hall–Kier alpha value is -1.56. The SMILES string of the molecule is COCCN(C(=O)Cn1cc(N)cn1)C(C)C. The molecule has 0 unspecified atom stereocenters. The fourth-order valence-corrected chi connectivity index (χ4v) is 1.56. The van der Waals surface area contributed by atoms with Gasteiger partial charge in [-0.05, 0) is 13.8 Å². The van der Waals surface area contributed by atoms with E-state index in [2.05, 4.69) is 5.10 Å². The quantitative estimate of drug-likeness (QED) is 0.778. The van der Waals surface area contributed by atoms with Crippen molar-refractivity contribution in [1.82, 2.24) is 14.7 Å². The van der Waals surface area contributed by atoms with Crippen molar-refractivity contribution in [3.8, 4) is 0 Å². The van der Waals surface area contributed by atoms with Gasteiger partial charge in [-0.1, -0.05) is 0 Å². The van der Waals surface area contributed by atoms with E-state index in [9.17, 15) is 4.79 Å². The zero-order valence-corrected chi connectivity index (χ0v) is 10.6. The van der Waals surface area contributed by atoms with E-state index in [1.165, 1.54) is 6.20 Å². The minimum absolute atomic E-state index is 0.0140. The molecule has 0 atom stereocenters. The van der Waals surface area contributed by atoms with Gasteiger partial charge in [0.15, 0.2) is 0 Å². The summed E-state index contributed by atoms with van der Waals surface area (Å²) in [6.45, 7) is 5.28. The maximum Gasteiger partial charge on any atom is 0.244 e. The monoisotopic (exact) mass is 240 g/mol. The van der Waals surface area contributed by atoms with Crippen LogP contribution in [0, 0.1) is 0 Å². The van der Waals surface area contributed by atoms with Crippen LogP contribution in [0.4, 0.5) is 5.69 Å². The lowest BCUT2D eigenvalue weighted by atomic mass is 10.3. The van der Waals surface area contributed by atoms with E-state index < -0.39 is 0 Å². The molecule has 0 aliphatic rings. The molecule has 96 valence electrons. The molecule has 0 aliphatic carbocycles. The predicted molar refractivity (Wildman–Crippen MR) is 65.4 cm³/mol. The standard InChI is InChI=1S/C11H20N4O2/c1-9(2)15(4-5-17-3)11(16)8-14-7-10(12)6-13-14/h6-7,9H,4-5,8,12H2,1-3H3. The van der Waals surface area contributed by atoms with E-state index in [1.54, 1.807) is 22.9 Å². The number of aromatic nitrogens is 2. The first kappa shape index (κ1) is 13.5. The molecular formula is C11H20N4O2. The Kier molecular flexibility index (Phi) is 4.96. The van der Waals surface area contributed by atoms with Gasteiger partial charge in [0.25, 0.3) is 0 Å². The molecule has 1 rings (SSSR count). The van der Waals surface area contributed by atoms with Crippen molar-refractivity contribution in [1.29, 1.82) is 0 Å². The number of anilines is 1. The normalized spacial score (nSPS) is 10.8. The summed E-state index contributed by atoms with van der Waals surface area (Å²) < 4.78 is 6.53. The van der Waals surface area contributed by atoms with Crippen LogP contribution in [0.1, 0.15) is 13.8 Å². The van der Waals surface area contributed by atoms with E-state index in [0.29, 0.717) is 18.8 Å². The summed E-state index contributed by atoms with van der Waals surface area (Å²) in [5.41, 5.74) is 6.10. The van der Waals surface area contributed by atoms with Gasteiger partial charge in [0.05, 0.1) is 18.5 Å². The molecular weight excluding hydrogens is 220 g/mol. The zero-order valence-electron chi connectivity index (χ0n) is 10.6. The van der Waals surface area contributed by atoms with Gasteiger partial charge < -0.3 is 15.4 Å². The number of hydrogen-bond acceptors (Lipinski definition) is 4. The number of ether oxygens (including phenoxy) is 1. The topological polar surface area (TPSA) is 73.4 Å². The molecule has 1 aromatic rings. The molecule has 0 aliphatic heterocycles. The van der Waals surface area contributed by atoms with Crippen LogP contribution in [0.5, 0.6) is 0 Å². The Balaban J connectivity index is 2.58. The van der Waals surface area contributed by atoms with Crippen LogP contribution in [0.15, 0.2) is 12.4 Å². The van der Waals surface area contributed by atoms with Crippen molar-refractivity contribution < 1.29 is 9.53 Å². The highest BCUT2D eigenvalue weighted by atomic mass is 16.5. The molecule has 0 fully saturated rings. The van der Waals surface area contributed by atoms with Gasteiger partial charge in [-0.15, -0.1) is 0 Å². The molecule has 6 nitrogen and oxygen atoms in total. The average molecular weight is 240 g/mol. The number of rotatable bonds is 6. The van der Waals surface area contributed by atoms with E-state index >= 15 is 0 Å². The second-order valence-corrected chi connectivity index (χ2v) is 4.14. The second kappa shape index (κ2) is 6.24. The van der Waals surface area contributed by atoms with Gasteiger partial charge in [0.1, 0.15) is 6.54 Å². The Morgan fingerprint density at radius 1 is 1.65 bits per heavy atom. The average Bonchev–Trinajstić information content (AvgIpc) is 2.64. The highest BCUT2D eigenvalue weighted by molar-refractivity contribution is 5.76. The lowest BCUT2D eigenvalue weighted by Gasteiger charge is -2.26. The van der Waals surface area contributed by atoms with Crippen molar-refractivity contribution in [3.63, 3.8) is 0 Å². The van der Waals surface area contributed by atoms with Crippen molar-refractivity contribution in [2.24, 2.45) is 0 Å². The molecule has 17 heavy (non-hydrogen) atoms. The van der Waals surface area contributed by atoms with E-state index in [-0.39, 0.29) is 18.5 Å². The molecule has 0 radical (unpaired) electrons. The summed E-state index contributed by atoms with van der Waals surface area (Å²) in [5, 5.41) is 3.99. The van der Waals surface area contributed by atoms with Gasteiger partial charge in [-0.3, -0.25) is 9.48 Å². The number of amides is 1. The van der Waals surface area contributed by atoms with Crippen molar-refractivity contribution in [2.45, 2.75) is 26.4 Å². The smallest absolute Gasteiger partial charge is 0.244 e. The molecule has 0 saturated heterocycles. The Morgan fingerprint density at radius 2 is 2.35 bits per heavy atom. The summed E-state index contributed by atoms with van der Waals surface area (Å²) in [7, 11) is 1.62. The van der Waals surface area contributed by atoms with Crippen LogP contribution >= 0.6 is 0 Å². The predicted octanol–water partition coefficient (Wildman–Crippen LogP) is 0.349. The lowest BCUT2D eigenvalue weighted by Crippen LogP contribution is -2.41. The third-order valence-corrected chi connectivity index (χ3v) is 2.43. The summed E-state index contributed by atoms with van der Waals surface area (Å²) >= 11 is 0. The lowest BCUT2D eigenvalue weighted by molar-refractivity contribution is -0.134. The first-order chi connectivity index (χ1) is 8.04. The number of methoxy groups -OCH3 is 1. The van der Waals surface area contributed by atoms with Crippen LogP contribution < -0.4 is 5.73 Å². The van der Waals surface area contributed by atoms with Gasteiger partial charge in [0, 0.05) is 25.9 Å². The molecule has 0 spiro atoms. The Bertz CT molecular complexity index is 362. The Morgan fingerprint density at radius 3 is 2.82 bits per heavy atom. The van der Waals surface area contributed by atoms with Crippen molar-refractivity contribution in [3.05, 3.63) is 12.4 Å². The molecule has 2 N–H and O–H groups in total. The minimum Gasteiger partial charge on any atom is -0.396 e. The molecule has 6 heteroatoms. The molecule has 1 amide bonds. The fourth-order valence-electron chi connectivity index (χ4n) is 1.56. The molecule has 1 heterocycles. The first-order valence-electron chi connectivity index (χ1n) is 5.61. The molecule has 0 bridgehead atoms.